The van der Waals surface area contributed by atoms with Crippen LogP contribution in [0, 0.1) is 0 Å². The van der Waals surface area contributed by atoms with E-state index in [1.807, 2.05) is 40.1 Å². The van der Waals surface area contributed by atoms with E-state index in [0.29, 0.717) is 19.7 Å². The van der Waals surface area contributed by atoms with Crippen molar-refractivity contribution in [3.05, 3.63) is 35.9 Å². The molecule has 0 aromatic heterocycles. The van der Waals surface area contributed by atoms with Crippen LogP contribution in [0.1, 0.15) is 29.6 Å². The lowest BCUT2D eigenvalue weighted by atomic mass is 10.0. The molecule has 2 heterocycles. The number of piperidine rings is 1. The highest BCUT2D eigenvalue weighted by Crippen LogP contribution is 2.21. The van der Waals surface area contributed by atoms with Gasteiger partial charge in [-0.2, -0.15) is 0 Å². The maximum absolute atomic E-state index is 12.4. The summed E-state index contributed by atoms with van der Waals surface area (Å²) in [5.41, 5.74) is 0.730. The van der Waals surface area contributed by atoms with E-state index in [2.05, 4.69) is 0 Å². The highest BCUT2D eigenvalue weighted by Gasteiger charge is 2.31. The molecule has 2 aliphatic heterocycles. The molecule has 0 saturated carbocycles. The number of rotatable bonds is 2. The molecule has 0 unspecified atom stereocenters. The van der Waals surface area contributed by atoms with Gasteiger partial charge in [0.15, 0.2) is 0 Å². The lowest BCUT2D eigenvalue weighted by Gasteiger charge is -2.39. The van der Waals surface area contributed by atoms with Crippen LogP contribution in [0.15, 0.2) is 30.3 Å². The van der Waals surface area contributed by atoms with Crippen molar-refractivity contribution in [1.29, 1.82) is 0 Å². The zero-order valence-electron chi connectivity index (χ0n) is 12.0. The second-order valence-corrected chi connectivity index (χ2v) is 5.55. The van der Waals surface area contributed by atoms with Crippen molar-refractivity contribution in [3.63, 3.8) is 0 Å². The predicted octanol–water partition coefficient (Wildman–Crippen LogP) is 2.13. The quantitative estimate of drug-likeness (QED) is 0.837. The largest absolute Gasteiger partial charge is 0.449 e. The summed E-state index contributed by atoms with van der Waals surface area (Å²) >= 11 is 0. The van der Waals surface area contributed by atoms with Gasteiger partial charge < -0.3 is 14.5 Å². The molecule has 2 amide bonds. The summed E-state index contributed by atoms with van der Waals surface area (Å²) in [4.78, 5) is 27.8. The third kappa shape index (κ3) is 3.01. The smallest absolute Gasteiger partial charge is 0.410 e. The molecule has 0 spiro atoms. The van der Waals surface area contributed by atoms with Crippen LogP contribution in [0.25, 0.3) is 0 Å². The van der Waals surface area contributed by atoms with E-state index < -0.39 is 0 Å². The molecule has 0 aliphatic carbocycles. The second kappa shape index (κ2) is 6.16. The maximum Gasteiger partial charge on any atom is 0.410 e. The highest BCUT2D eigenvalue weighted by molar-refractivity contribution is 5.94. The topological polar surface area (TPSA) is 49.9 Å². The first-order valence-electron chi connectivity index (χ1n) is 7.53. The van der Waals surface area contributed by atoms with Gasteiger partial charge in [-0.05, 0) is 31.4 Å². The van der Waals surface area contributed by atoms with Gasteiger partial charge in [-0.3, -0.25) is 4.79 Å². The van der Waals surface area contributed by atoms with Crippen LogP contribution >= 0.6 is 0 Å². The Morgan fingerprint density at radius 3 is 2.48 bits per heavy atom. The number of likely N-dealkylation sites (tertiary alicyclic amines) is 1. The highest BCUT2D eigenvalue weighted by atomic mass is 16.6. The molecule has 0 N–H and O–H groups in total. The monoisotopic (exact) mass is 288 g/mol. The normalized spacial score (nSPS) is 20.3. The van der Waals surface area contributed by atoms with E-state index in [4.69, 9.17) is 4.74 Å². The van der Waals surface area contributed by atoms with Gasteiger partial charge in [0.2, 0.25) is 0 Å². The van der Waals surface area contributed by atoms with E-state index in [0.717, 1.165) is 31.4 Å². The van der Waals surface area contributed by atoms with Gasteiger partial charge >= 0.3 is 6.09 Å². The van der Waals surface area contributed by atoms with Crippen molar-refractivity contribution >= 4 is 12.0 Å². The van der Waals surface area contributed by atoms with Gasteiger partial charge in [0.25, 0.3) is 5.91 Å². The van der Waals surface area contributed by atoms with Gasteiger partial charge in [0, 0.05) is 31.2 Å². The average Bonchev–Trinajstić information content (AvgIpc) is 2.56. The van der Waals surface area contributed by atoms with Gasteiger partial charge in [-0.15, -0.1) is 0 Å². The maximum atomic E-state index is 12.4. The van der Waals surface area contributed by atoms with Crippen LogP contribution in [-0.2, 0) is 4.74 Å². The van der Waals surface area contributed by atoms with E-state index in [1.165, 1.54) is 0 Å². The Kier molecular flexibility index (Phi) is 4.08. The molecule has 1 aromatic rings. The Balaban J connectivity index is 1.58. The standard InChI is InChI=1S/C16H20N2O3/c19-15(13-5-2-1-3-6-13)17-10-7-14(8-11-17)18-9-4-12-21-16(18)20/h1-3,5-6,14H,4,7-12H2. The molecule has 2 saturated heterocycles. The Morgan fingerprint density at radius 1 is 1.10 bits per heavy atom. The molecule has 0 radical (unpaired) electrons. The zero-order valence-corrected chi connectivity index (χ0v) is 12.0. The Bertz CT molecular complexity index is 510. The summed E-state index contributed by atoms with van der Waals surface area (Å²) in [6.07, 6.45) is 2.35. The fourth-order valence-electron chi connectivity index (χ4n) is 3.04. The minimum Gasteiger partial charge on any atom is -0.449 e. The minimum atomic E-state index is -0.200. The van der Waals surface area contributed by atoms with Gasteiger partial charge in [-0.1, -0.05) is 18.2 Å². The number of nitrogens with zero attached hydrogens (tertiary/aromatic N) is 2. The number of cyclic esters (lactones) is 1. The van der Waals surface area contributed by atoms with Crippen LogP contribution in [0.5, 0.6) is 0 Å². The fraction of sp³-hybridized carbons (Fsp3) is 0.500. The van der Waals surface area contributed by atoms with Crippen LogP contribution in [0.4, 0.5) is 4.79 Å². The summed E-state index contributed by atoms with van der Waals surface area (Å²) < 4.78 is 5.09. The van der Waals surface area contributed by atoms with Crippen molar-refractivity contribution in [1.82, 2.24) is 9.80 Å². The lowest BCUT2D eigenvalue weighted by Crippen LogP contribution is -2.50. The van der Waals surface area contributed by atoms with Crippen LogP contribution < -0.4 is 0 Å². The van der Waals surface area contributed by atoms with E-state index in [1.54, 1.807) is 0 Å². The minimum absolute atomic E-state index is 0.0790. The van der Waals surface area contributed by atoms with Crippen molar-refractivity contribution < 1.29 is 14.3 Å². The van der Waals surface area contributed by atoms with E-state index >= 15 is 0 Å². The number of amides is 2. The SMILES string of the molecule is O=C(c1ccccc1)N1CCC(N2CCCOC2=O)CC1. The fourth-order valence-corrected chi connectivity index (χ4v) is 3.04. The molecule has 112 valence electrons. The number of benzene rings is 1. The number of hydrogen-bond donors (Lipinski definition) is 0. The third-order valence-electron chi connectivity index (χ3n) is 4.22. The first-order valence-corrected chi connectivity index (χ1v) is 7.53. The Hall–Kier alpha value is -2.04. The lowest BCUT2D eigenvalue weighted by molar-refractivity contribution is 0.0357. The molecule has 1 aromatic carbocycles. The average molecular weight is 288 g/mol. The summed E-state index contributed by atoms with van der Waals surface area (Å²) in [5.74, 6) is 0.0790. The van der Waals surface area contributed by atoms with Crippen LogP contribution in [-0.4, -0.2) is 54.1 Å². The molecule has 0 bridgehead atoms. The van der Waals surface area contributed by atoms with Crippen molar-refractivity contribution in [2.24, 2.45) is 0 Å². The summed E-state index contributed by atoms with van der Waals surface area (Å²) in [5, 5.41) is 0. The molecule has 0 atom stereocenters. The summed E-state index contributed by atoms with van der Waals surface area (Å²) in [6, 6.07) is 9.56. The third-order valence-corrected chi connectivity index (χ3v) is 4.22. The molecule has 2 aliphatic rings. The molecule has 2 fully saturated rings. The molecular weight excluding hydrogens is 268 g/mol. The van der Waals surface area contributed by atoms with Crippen molar-refractivity contribution in [2.75, 3.05) is 26.2 Å². The van der Waals surface area contributed by atoms with Crippen LogP contribution in [0.2, 0.25) is 0 Å². The Labute approximate surface area is 124 Å². The number of hydrogen-bond acceptors (Lipinski definition) is 3. The van der Waals surface area contributed by atoms with E-state index in [-0.39, 0.29) is 18.0 Å². The van der Waals surface area contributed by atoms with Gasteiger partial charge in [-0.25, -0.2) is 4.79 Å². The first-order chi connectivity index (χ1) is 10.3. The molecule has 21 heavy (non-hydrogen) atoms. The summed E-state index contributed by atoms with van der Waals surface area (Å²) in [6.45, 7) is 2.70. The number of carbonyl (C=O) groups is 2. The molecular formula is C16H20N2O3. The van der Waals surface area contributed by atoms with Gasteiger partial charge in [0.1, 0.15) is 0 Å². The second-order valence-electron chi connectivity index (χ2n) is 5.55. The van der Waals surface area contributed by atoms with Crippen molar-refractivity contribution in [2.45, 2.75) is 25.3 Å². The summed E-state index contributed by atoms with van der Waals surface area (Å²) in [7, 11) is 0. The Morgan fingerprint density at radius 2 is 1.81 bits per heavy atom. The molecule has 3 rings (SSSR count). The van der Waals surface area contributed by atoms with Gasteiger partial charge in [0.05, 0.1) is 6.61 Å². The molecule has 5 heteroatoms. The predicted molar refractivity (Wildman–Crippen MR) is 78.0 cm³/mol. The zero-order chi connectivity index (χ0) is 14.7. The number of ether oxygens (including phenoxy) is 1. The van der Waals surface area contributed by atoms with Crippen molar-refractivity contribution in [3.8, 4) is 0 Å². The molecule has 5 nitrogen and oxygen atoms in total. The van der Waals surface area contributed by atoms with Crippen LogP contribution in [0.3, 0.4) is 0 Å². The number of carbonyl (C=O) groups excluding carboxylic acids is 2. The van der Waals surface area contributed by atoms with E-state index in [9.17, 15) is 9.59 Å². The first kappa shape index (κ1) is 13.9.